The largest absolute Gasteiger partial charge is 0.494 e. The van der Waals surface area contributed by atoms with Crippen LogP contribution in [-0.2, 0) is 0 Å². The smallest absolute Gasteiger partial charge is 0.170 e. The van der Waals surface area contributed by atoms with Gasteiger partial charge in [0.1, 0.15) is 5.75 Å². The zero-order chi connectivity index (χ0) is 15.5. The molecular weight excluding hydrogens is 280 g/mol. The van der Waals surface area contributed by atoms with Gasteiger partial charge in [-0.05, 0) is 55.7 Å². The minimum Gasteiger partial charge on any atom is -0.494 e. The lowest BCUT2D eigenvalue weighted by Gasteiger charge is -2.17. The van der Waals surface area contributed by atoms with Gasteiger partial charge in [0.25, 0.3) is 0 Å². The second kappa shape index (κ2) is 10.4. The van der Waals surface area contributed by atoms with Crippen molar-refractivity contribution < 1.29 is 4.74 Å². The predicted octanol–water partition coefficient (Wildman–Crippen LogP) is 4.59. The number of benzene rings is 1. The van der Waals surface area contributed by atoms with Gasteiger partial charge in [-0.25, -0.2) is 0 Å². The fourth-order valence-corrected chi connectivity index (χ4v) is 2.36. The van der Waals surface area contributed by atoms with Gasteiger partial charge in [0, 0.05) is 12.2 Å². The van der Waals surface area contributed by atoms with Gasteiger partial charge < -0.3 is 15.4 Å². The summed E-state index contributed by atoms with van der Waals surface area (Å²) in [6.45, 7) is 8.08. The summed E-state index contributed by atoms with van der Waals surface area (Å²) in [5, 5.41) is 7.22. The molecule has 0 aliphatic carbocycles. The number of ether oxygens (including phenoxy) is 1. The van der Waals surface area contributed by atoms with Crippen molar-refractivity contribution in [1.82, 2.24) is 5.32 Å². The van der Waals surface area contributed by atoms with Crippen LogP contribution in [0.2, 0.25) is 0 Å². The molecule has 0 spiro atoms. The third-order valence-electron chi connectivity index (χ3n) is 3.52. The molecule has 1 rings (SSSR count). The molecule has 0 bridgehead atoms. The molecule has 118 valence electrons. The summed E-state index contributed by atoms with van der Waals surface area (Å²) in [7, 11) is 0. The van der Waals surface area contributed by atoms with Crippen molar-refractivity contribution >= 4 is 23.0 Å². The zero-order valence-corrected chi connectivity index (χ0v) is 14.3. The van der Waals surface area contributed by atoms with Crippen molar-refractivity contribution in [2.24, 2.45) is 5.92 Å². The maximum absolute atomic E-state index is 5.42. The first-order chi connectivity index (χ1) is 10.2. The summed E-state index contributed by atoms with van der Waals surface area (Å²) in [5.41, 5.74) is 0.984. The lowest BCUT2D eigenvalue weighted by Crippen LogP contribution is -2.32. The molecule has 0 aliphatic heterocycles. The molecule has 21 heavy (non-hydrogen) atoms. The second-order valence-corrected chi connectivity index (χ2v) is 5.62. The third kappa shape index (κ3) is 7.32. The maximum Gasteiger partial charge on any atom is 0.170 e. The quantitative estimate of drug-likeness (QED) is 0.654. The van der Waals surface area contributed by atoms with Gasteiger partial charge in [0.05, 0.1) is 6.61 Å². The molecule has 0 aromatic heterocycles. The van der Waals surface area contributed by atoms with Crippen molar-refractivity contribution in [3.8, 4) is 5.75 Å². The summed E-state index contributed by atoms with van der Waals surface area (Å²) in [6.07, 6.45) is 5.01. The highest BCUT2D eigenvalue weighted by molar-refractivity contribution is 7.80. The van der Waals surface area contributed by atoms with Crippen LogP contribution in [0, 0.1) is 5.92 Å². The van der Waals surface area contributed by atoms with Crippen molar-refractivity contribution in [3.63, 3.8) is 0 Å². The standard InChI is InChI=1S/C17H28N2OS/c1-4-7-8-14(5-2)13-18-17(21)19-15-9-11-16(12-10-15)20-6-3/h9-12,14H,4-8,13H2,1-3H3,(H2,18,19,21). The predicted molar refractivity (Wildman–Crippen MR) is 95.1 cm³/mol. The highest BCUT2D eigenvalue weighted by atomic mass is 32.1. The molecule has 0 fully saturated rings. The fraction of sp³-hybridized carbons (Fsp3) is 0.588. The summed E-state index contributed by atoms with van der Waals surface area (Å²) in [4.78, 5) is 0. The molecule has 1 atom stereocenters. The van der Waals surface area contributed by atoms with E-state index in [1.165, 1.54) is 25.7 Å². The molecule has 1 unspecified atom stereocenters. The molecule has 0 heterocycles. The Bertz CT molecular complexity index is 406. The van der Waals surface area contributed by atoms with Crippen LogP contribution in [0.3, 0.4) is 0 Å². The zero-order valence-electron chi connectivity index (χ0n) is 13.4. The molecule has 0 saturated carbocycles. The van der Waals surface area contributed by atoms with Crippen LogP contribution in [0.15, 0.2) is 24.3 Å². The Kier molecular flexibility index (Phi) is 8.83. The summed E-state index contributed by atoms with van der Waals surface area (Å²) in [6, 6.07) is 7.86. The van der Waals surface area contributed by atoms with Crippen molar-refractivity contribution in [2.75, 3.05) is 18.5 Å². The van der Waals surface area contributed by atoms with Crippen LogP contribution in [-0.4, -0.2) is 18.3 Å². The van der Waals surface area contributed by atoms with Gasteiger partial charge in [-0.15, -0.1) is 0 Å². The monoisotopic (exact) mass is 308 g/mol. The molecule has 1 aromatic carbocycles. The lowest BCUT2D eigenvalue weighted by atomic mass is 9.99. The number of thiocarbonyl (C=S) groups is 1. The number of hydrogen-bond donors (Lipinski definition) is 2. The second-order valence-electron chi connectivity index (χ2n) is 5.21. The SMILES string of the molecule is CCCCC(CC)CNC(=S)Nc1ccc(OCC)cc1. The fourth-order valence-electron chi connectivity index (χ4n) is 2.16. The lowest BCUT2D eigenvalue weighted by molar-refractivity contribution is 0.340. The number of hydrogen-bond acceptors (Lipinski definition) is 2. The van der Waals surface area contributed by atoms with Gasteiger partial charge in [0.2, 0.25) is 0 Å². The average molecular weight is 308 g/mol. The van der Waals surface area contributed by atoms with E-state index in [1.54, 1.807) is 0 Å². The third-order valence-corrected chi connectivity index (χ3v) is 3.76. The molecular formula is C17H28N2OS. The molecule has 0 radical (unpaired) electrons. The number of rotatable bonds is 9. The van der Waals surface area contributed by atoms with Gasteiger partial charge in [-0.2, -0.15) is 0 Å². The Morgan fingerprint density at radius 2 is 1.90 bits per heavy atom. The first-order valence-electron chi connectivity index (χ1n) is 7.97. The van der Waals surface area contributed by atoms with E-state index in [0.29, 0.717) is 17.6 Å². The van der Waals surface area contributed by atoms with Crippen LogP contribution in [0.5, 0.6) is 5.75 Å². The Morgan fingerprint density at radius 3 is 2.48 bits per heavy atom. The molecule has 4 heteroatoms. The van der Waals surface area contributed by atoms with Gasteiger partial charge in [-0.3, -0.25) is 0 Å². The van der Waals surface area contributed by atoms with Gasteiger partial charge >= 0.3 is 0 Å². The van der Waals surface area contributed by atoms with E-state index in [9.17, 15) is 0 Å². The molecule has 2 N–H and O–H groups in total. The van der Waals surface area contributed by atoms with Crippen LogP contribution >= 0.6 is 12.2 Å². The number of nitrogens with one attached hydrogen (secondary N) is 2. The Hall–Kier alpha value is -1.29. The summed E-state index contributed by atoms with van der Waals surface area (Å²) < 4.78 is 5.42. The molecule has 0 aliphatic rings. The summed E-state index contributed by atoms with van der Waals surface area (Å²) in [5.74, 6) is 1.58. The Morgan fingerprint density at radius 1 is 1.19 bits per heavy atom. The summed E-state index contributed by atoms with van der Waals surface area (Å²) >= 11 is 5.35. The topological polar surface area (TPSA) is 33.3 Å². The van der Waals surface area contributed by atoms with E-state index >= 15 is 0 Å². The van der Waals surface area contributed by atoms with E-state index in [2.05, 4.69) is 24.5 Å². The van der Waals surface area contributed by atoms with Crippen LogP contribution in [0.4, 0.5) is 5.69 Å². The van der Waals surface area contributed by atoms with Gasteiger partial charge in [0.15, 0.2) is 5.11 Å². The number of anilines is 1. The van der Waals surface area contributed by atoms with Gasteiger partial charge in [-0.1, -0.05) is 33.1 Å². The molecule has 0 amide bonds. The van der Waals surface area contributed by atoms with E-state index in [1.807, 2.05) is 31.2 Å². The molecule has 3 nitrogen and oxygen atoms in total. The van der Waals surface area contributed by atoms with E-state index in [0.717, 1.165) is 18.0 Å². The van der Waals surface area contributed by atoms with Crippen LogP contribution < -0.4 is 15.4 Å². The highest BCUT2D eigenvalue weighted by Gasteiger charge is 2.06. The maximum atomic E-state index is 5.42. The Labute approximate surface area is 134 Å². The molecule has 1 aromatic rings. The van der Waals surface area contributed by atoms with E-state index < -0.39 is 0 Å². The molecule has 0 saturated heterocycles. The first-order valence-corrected chi connectivity index (χ1v) is 8.38. The van der Waals surface area contributed by atoms with Crippen LogP contribution in [0.1, 0.15) is 46.5 Å². The average Bonchev–Trinajstić information content (AvgIpc) is 2.50. The van der Waals surface area contributed by atoms with Crippen molar-refractivity contribution in [3.05, 3.63) is 24.3 Å². The van der Waals surface area contributed by atoms with Crippen LogP contribution in [0.25, 0.3) is 0 Å². The minimum atomic E-state index is 0.683. The first kappa shape index (κ1) is 17.8. The normalized spacial score (nSPS) is 11.8. The highest BCUT2D eigenvalue weighted by Crippen LogP contribution is 2.16. The number of unbranched alkanes of at least 4 members (excludes halogenated alkanes) is 1. The van der Waals surface area contributed by atoms with Crippen molar-refractivity contribution in [2.45, 2.75) is 46.5 Å². The Balaban J connectivity index is 2.35. The van der Waals surface area contributed by atoms with Crippen molar-refractivity contribution in [1.29, 1.82) is 0 Å². The minimum absolute atomic E-state index is 0.683. The van der Waals surface area contributed by atoms with E-state index in [-0.39, 0.29) is 0 Å². The van der Waals surface area contributed by atoms with E-state index in [4.69, 9.17) is 17.0 Å².